The fraction of sp³-hybridized carbons (Fsp3) is 0.316. The molecule has 3 amide bonds. The molecule has 0 unspecified atom stereocenters. The summed E-state index contributed by atoms with van der Waals surface area (Å²) in [6, 6.07) is 6.97. The Morgan fingerprint density at radius 1 is 1.15 bits per heavy atom. The van der Waals surface area contributed by atoms with Crippen LogP contribution in [0.15, 0.2) is 29.1 Å². The van der Waals surface area contributed by atoms with Crippen LogP contribution in [0.4, 0.5) is 10.5 Å². The third-order valence-corrected chi connectivity index (χ3v) is 4.53. The van der Waals surface area contributed by atoms with Crippen molar-refractivity contribution in [1.29, 1.82) is 0 Å². The molecule has 3 rings (SSSR count). The molecule has 2 heterocycles. The zero-order valence-corrected chi connectivity index (χ0v) is 15.1. The smallest absolute Gasteiger partial charge is 0.322 e. The molecular formula is C19H22N4O3. The topological polar surface area (TPSA) is 94.3 Å². The zero-order chi connectivity index (χ0) is 18.8. The Bertz CT molecular complexity index is 933. The molecule has 1 saturated heterocycles. The van der Waals surface area contributed by atoms with Crippen LogP contribution in [0.3, 0.4) is 0 Å². The molecule has 7 heteroatoms. The Balaban J connectivity index is 1.74. The lowest BCUT2D eigenvalue weighted by atomic mass is 10.1. The fourth-order valence-corrected chi connectivity index (χ4v) is 3.17. The molecule has 0 radical (unpaired) electrons. The first-order chi connectivity index (χ1) is 12.4. The van der Waals surface area contributed by atoms with Crippen molar-refractivity contribution in [2.75, 3.05) is 18.0 Å². The highest BCUT2D eigenvalue weighted by Gasteiger charge is 2.23. The predicted octanol–water partition coefficient (Wildman–Crippen LogP) is 1.76. The highest BCUT2D eigenvalue weighted by atomic mass is 16.2. The minimum Gasteiger partial charge on any atom is -0.348 e. The van der Waals surface area contributed by atoms with Crippen LogP contribution >= 0.6 is 0 Å². The summed E-state index contributed by atoms with van der Waals surface area (Å²) in [5.74, 6) is -0.259. The molecule has 0 bridgehead atoms. The van der Waals surface area contributed by atoms with Gasteiger partial charge in [-0.3, -0.25) is 14.5 Å². The molecule has 7 nitrogen and oxygen atoms in total. The van der Waals surface area contributed by atoms with Crippen LogP contribution in [0.25, 0.3) is 0 Å². The first kappa shape index (κ1) is 17.7. The van der Waals surface area contributed by atoms with E-state index in [2.05, 4.69) is 15.6 Å². The van der Waals surface area contributed by atoms with Gasteiger partial charge in [-0.1, -0.05) is 0 Å². The Morgan fingerprint density at radius 3 is 2.54 bits per heavy atom. The maximum Gasteiger partial charge on any atom is 0.322 e. The number of hydrogen-bond acceptors (Lipinski definition) is 3. The van der Waals surface area contributed by atoms with Gasteiger partial charge in [-0.2, -0.15) is 0 Å². The van der Waals surface area contributed by atoms with Crippen LogP contribution in [-0.4, -0.2) is 30.0 Å². The standard InChI is InChI=1S/C19H22N4O3/c1-11-8-13(3)22-18(25)15(11)10-21-17(24)14-4-5-16(12(2)9-14)23-7-6-20-19(23)26/h4-5,8-9H,6-7,10H2,1-3H3,(H,20,26)(H,21,24)(H,22,25). The van der Waals surface area contributed by atoms with Crippen molar-refractivity contribution in [3.05, 3.63) is 62.6 Å². The number of rotatable bonds is 4. The third-order valence-electron chi connectivity index (χ3n) is 4.53. The summed E-state index contributed by atoms with van der Waals surface area (Å²) >= 11 is 0. The van der Waals surface area contributed by atoms with Gasteiger partial charge in [-0.15, -0.1) is 0 Å². The molecule has 0 saturated carbocycles. The molecule has 2 aromatic rings. The number of aromatic amines is 1. The lowest BCUT2D eigenvalue weighted by Gasteiger charge is -2.17. The highest BCUT2D eigenvalue weighted by Crippen LogP contribution is 2.22. The predicted molar refractivity (Wildman–Crippen MR) is 99.6 cm³/mol. The Labute approximate surface area is 151 Å². The van der Waals surface area contributed by atoms with Gasteiger partial charge in [-0.25, -0.2) is 4.79 Å². The molecule has 136 valence electrons. The van der Waals surface area contributed by atoms with E-state index in [1.807, 2.05) is 26.8 Å². The second-order valence-electron chi connectivity index (χ2n) is 6.51. The number of nitrogens with one attached hydrogen (secondary N) is 3. The number of pyridine rings is 1. The number of nitrogens with zero attached hydrogens (tertiary/aromatic N) is 1. The van der Waals surface area contributed by atoms with E-state index < -0.39 is 0 Å². The normalized spacial score (nSPS) is 13.7. The molecule has 1 aromatic heterocycles. The fourth-order valence-electron chi connectivity index (χ4n) is 3.17. The molecular weight excluding hydrogens is 332 g/mol. The minimum atomic E-state index is -0.259. The summed E-state index contributed by atoms with van der Waals surface area (Å²) in [7, 11) is 0. The summed E-state index contributed by atoms with van der Waals surface area (Å²) in [4.78, 5) is 40.7. The Kier molecular flexibility index (Phi) is 4.79. The van der Waals surface area contributed by atoms with E-state index in [1.165, 1.54) is 0 Å². The van der Waals surface area contributed by atoms with Crippen molar-refractivity contribution < 1.29 is 9.59 Å². The molecule has 3 N–H and O–H groups in total. The monoisotopic (exact) mass is 354 g/mol. The molecule has 0 aliphatic carbocycles. The van der Waals surface area contributed by atoms with Crippen molar-refractivity contribution >= 4 is 17.6 Å². The van der Waals surface area contributed by atoms with Gasteiger partial charge < -0.3 is 15.6 Å². The van der Waals surface area contributed by atoms with Crippen LogP contribution in [-0.2, 0) is 6.54 Å². The van der Waals surface area contributed by atoms with Crippen molar-refractivity contribution in [3.8, 4) is 0 Å². The third kappa shape index (κ3) is 3.46. The number of carbonyl (C=O) groups excluding carboxylic acids is 2. The molecule has 0 atom stereocenters. The van der Waals surface area contributed by atoms with Gasteiger partial charge in [0, 0.05) is 42.1 Å². The van der Waals surface area contributed by atoms with Crippen LogP contribution < -0.4 is 21.1 Å². The van der Waals surface area contributed by atoms with Crippen LogP contribution in [0.2, 0.25) is 0 Å². The molecule has 1 fully saturated rings. The van der Waals surface area contributed by atoms with Gasteiger partial charge >= 0.3 is 6.03 Å². The van der Waals surface area contributed by atoms with E-state index in [4.69, 9.17) is 0 Å². The lowest BCUT2D eigenvalue weighted by Crippen LogP contribution is -2.29. The van der Waals surface area contributed by atoms with Crippen LogP contribution in [0, 0.1) is 20.8 Å². The minimum absolute atomic E-state index is 0.126. The summed E-state index contributed by atoms with van der Waals surface area (Å²) in [6.07, 6.45) is 0. The number of carbonyl (C=O) groups is 2. The van der Waals surface area contributed by atoms with E-state index in [9.17, 15) is 14.4 Å². The Morgan fingerprint density at radius 2 is 1.92 bits per heavy atom. The maximum absolute atomic E-state index is 12.4. The SMILES string of the molecule is Cc1cc(C)c(CNC(=O)c2ccc(N3CCNC3=O)c(C)c2)c(=O)[nH]1. The van der Waals surface area contributed by atoms with Gasteiger partial charge in [0.05, 0.1) is 0 Å². The number of benzene rings is 1. The first-order valence-electron chi connectivity index (χ1n) is 8.50. The molecule has 1 aliphatic rings. The van der Waals surface area contributed by atoms with E-state index in [0.717, 1.165) is 22.5 Å². The zero-order valence-electron chi connectivity index (χ0n) is 15.1. The average Bonchev–Trinajstić information content (AvgIpc) is 2.99. The first-order valence-corrected chi connectivity index (χ1v) is 8.50. The molecule has 1 aliphatic heterocycles. The van der Waals surface area contributed by atoms with Gasteiger partial charge in [0.2, 0.25) is 0 Å². The van der Waals surface area contributed by atoms with Crippen molar-refractivity contribution in [2.24, 2.45) is 0 Å². The second kappa shape index (κ2) is 7.03. The second-order valence-corrected chi connectivity index (χ2v) is 6.51. The molecule has 1 aromatic carbocycles. The number of aryl methyl sites for hydroxylation is 3. The van der Waals surface area contributed by atoms with Gasteiger partial charge in [0.15, 0.2) is 0 Å². The number of urea groups is 1. The van der Waals surface area contributed by atoms with Gasteiger partial charge in [0.1, 0.15) is 0 Å². The van der Waals surface area contributed by atoms with E-state index in [-0.39, 0.29) is 24.0 Å². The molecule has 26 heavy (non-hydrogen) atoms. The van der Waals surface area contributed by atoms with E-state index in [0.29, 0.717) is 24.2 Å². The van der Waals surface area contributed by atoms with E-state index in [1.54, 1.807) is 23.1 Å². The summed E-state index contributed by atoms with van der Waals surface area (Å²) in [5, 5.41) is 5.55. The number of hydrogen-bond donors (Lipinski definition) is 3. The summed E-state index contributed by atoms with van der Waals surface area (Å²) in [6.45, 7) is 6.93. The Hall–Kier alpha value is -3.09. The highest BCUT2D eigenvalue weighted by molar-refractivity contribution is 5.97. The number of aromatic nitrogens is 1. The average molecular weight is 354 g/mol. The number of anilines is 1. The van der Waals surface area contributed by atoms with Gasteiger partial charge in [0.25, 0.3) is 11.5 Å². The molecule has 0 spiro atoms. The lowest BCUT2D eigenvalue weighted by molar-refractivity contribution is 0.0950. The van der Waals surface area contributed by atoms with E-state index >= 15 is 0 Å². The largest absolute Gasteiger partial charge is 0.348 e. The quantitative estimate of drug-likeness (QED) is 0.781. The maximum atomic E-state index is 12.4. The van der Waals surface area contributed by atoms with Gasteiger partial charge in [-0.05, 0) is 56.2 Å². The number of amides is 3. The summed E-state index contributed by atoms with van der Waals surface area (Å²) in [5.41, 5.74) is 4.13. The van der Waals surface area contributed by atoms with Crippen molar-refractivity contribution in [3.63, 3.8) is 0 Å². The van der Waals surface area contributed by atoms with Crippen molar-refractivity contribution in [2.45, 2.75) is 27.3 Å². The number of H-pyrrole nitrogens is 1. The summed E-state index contributed by atoms with van der Waals surface area (Å²) < 4.78 is 0. The van der Waals surface area contributed by atoms with Crippen LogP contribution in [0.5, 0.6) is 0 Å². The van der Waals surface area contributed by atoms with Crippen molar-refractivity contribution in [1.82, 2.24) is 15.6 Å². The van der Waals surface area contributed by atoms with Crippen LogP contribution in [0.1, 0.15) is 32.7 Å².